The normalized spacial score (nSPS) is 10.8. The van der Waals surface area contributed by atoms with Crippen molar-refractivity contribution in [2.24, 2.45) is 0 Å². The molecule has 0 aliphatic rings. The summed E-state index contributed by atoms with van der Waals surface area (Å²) in [5.74, 6) is 0.252. The average molecular weight is 389 g/mol. The van der Waals surface area contributed by atoms with Crippen molar-refractivity contribution < 1.29 is 19.4 Å². The molecule has 2 heterocycles. The predicted octanol–water partition coefficient (Wildman–Crippen LogP) is 3.86. The van der Waals surface area contributed by atoms with Gasteiger partial charge in [0, 0.05) is 17.1 Å². The summed E-state index contributed by atoms with van der Waals surface area (Å²) in [6, 6.07) is 16.6. The number of para-hydroxylation sites is 1. The number of hydrogen-bond donors (Lipinski definition) is 1. The van der Waals surface area contributed by atoms with Crippen LogP contribution in [0.5, 0.6) is 11.5 Å². The number of pyridine rings is 1. The second-order valence-corrected chi connectivity index (χ2v) is 6.46. The Hall–Kier alpha value is -3.87. The second-order valence-electron chi connectivity index (χ2n) is 6.46. The minimum atomic E-state index is -1.04. The maximum atomic E-state index is 11.3. The van der Waals surface area contributed by atoms with E-state index in [0.717, 1.165) is 22.2 Å². The van der Waals surface area contributed by atoms with Crippen molar-refractivity contribution in [3.8, 4) is 22.8 Å². The molecule has 0 atom stereocenters. The Morgan fingerprint density at radius 1 is 1.03 bits per heavy atom. The monoisotopic (exact) mass is 389 g/mol. The van der Waals surface area contributed by atoms with Gasteiger partial charge in [-0.3, -0.25) is 4.68 Å². The summed E-state index contributed by atoms with van der Waals surface area (Å²) in [4.78, 5) is 15.6. The Kier molecular flexibility index (Phi) is 4.87. The first-order valence-electron chi connectivity index (χ1n) is 8.97. The Balaban J connectivity index is 1.66. The van der Waals surface area contributed by atoms with Gasteiger partial charge in [0.05, 0.1) is 32.0 Å². The van der Waals surface area contributed by atoms with Crippen LogP contribution in [0, 0.1) is 0 Å². The van der Waals surface area contributed by atoms with E-state index in [1.807, 2.05) is 48.7 Å². The Morgan fingerprint density at radius 2 is 1.86 bits per heavy atom. The molecule has 0 aliphatic carbocycles. The summed E-state index contributed by atoms with van der Waals surface area (Å²) >= 11 is 0. The fourth-order valence-electron chi connectivity index (χ4n) is 3.23. The van der Waals surface area contributed by atoms with Crippen LogP contribution >= 0.6 is 0 Å². The molecule has 0 aliphatic heterocycles. The van der Waals surface area contributed by atoms with Crippen LogP contribution in [-0.4, -0.2) is 40.1 Å². The van der Waals surface area contributed by atoms with Crippen molar-refractivity contribution in [2.45, 2.75) is 6.54 Å². The zero-order valence-electron chi connectivity index (χ0n) is 16.0. The van der Waals surface area contributed by atoms with Gasteiger partial charge in [-0.15, -0.1) is 0 Å². The lowest BCUT2D eigenvalue weighted by atomic mass is 10.1. The highest BCUT2D eigenvalue weighted by atomic mass is 16.5. The second kappa shape index (κ2) is 7.63. The minimum Gasteiger partial charge on any atom is -0.493 e. The van der Waals surface area contributed by atoms with Gasteiger partial charge in [0.25, 0.3) is 0 Å². The van der Waals surface area contributed by atoms with Crippen molar-refractivity contribution in [1.29, 1.82) is 0 Å². The standard InChI is InChI=1S/C22H19N3O4/c1-28-19-9-7-15(12-20(19)29-2)17-10-11-25(24-17)13-16-5-3-4-14-6-8-18(22(26)27)23-21(14)16/h3-12H,13H2,1-2H3,(H,26,27). The molecule has 2 aromatic carbocycles. The lowest BCUT2D eigenvalue weighted by Crippen LogP contribution is -2.04. The van der Waals surface area contributed by atoms with Gasteiger partial charge in [-0.25, -0.2) is 9.78 Å². The predicted molar refractivity (Wildman–Crippen MR) is 109 cm³/mol. The maximum Gasteiger partial charge on any atom is 0.354 e. The van der Waals surface area contributed by atoms with Crippen LogP contribution in [0.3, 0.4) is 0 Å². The molecular formula is C22H19N3O4. The van der Waals surface area contributed by atoms with Crippen molar-refractivity contribution in [2.75, 3.05) is 14.2 Å². The van der Waals surface area contributed by atoms with Gasteiger partial charge >= 0.3 is 5.97 Å². The summed E-state index contributed by atoms with van der Waals surface area (Å²) in [6.07, 6.45) is 1.88. The van der Waals surface area contributed by atoms with Gasteiger partial charge in [0.2, 0.25) is 0 Å². The quantitative estimate of drug-likeness (QED) is 0.539. The number of benzene rings is 2. The van der Waals surface area contributed by atoms with E-state index in [4.69, 9.17) is 9.47 Å². The molecule has 0 saturated carbocycles. The molecule has 0 fully saturated rings. The number of carboxylic acid groups (broad SMARTS) is 1. The molecule has 1 N–H and O–H groups in total. The van der Waals surface area contributed by atoms with Gasteiger partial charge in [0.15, 0.2) is 11.5 Å². The number of carboxylic acids is 1. The number of rotatable bonds is 6. The summed E-state index contributed by atoms with van der Waals surface area (Å²) in [7, 11) is 3.19. The summed E-state index contributed by atoms with van der Waals surface area (Å²) in [5.41, 5.74) is 3.29. The van der Waals surface area contributed by atoms with Crippen LogP contribution in [0.1, 0.15) is 16.1 Å². The molecular weight excluding hydrogens is 370 g/mol. The van der Waals surface area contributed by atoms with E-state index >= 15 is 0 Å². The fraction of sp³-hybridized carbons (Fsp3) is 0.136. The third-order valence-corrected chi connectivity index (χ3v) is 4.68. The van der Waals surface area contributed by atoms with Crippen LogP contribution in [-0.2, 0) is 6.54 Å². The first-order chi connectivity index (χ1) is 14.1. The van der Waals surface area contributed by atoms with Gasteiger partial charge < -0.3 is 14.6 Å². The number of carbonyl (C=O) groups is 1. The first kappa shape index (κ1) is 18.5. The lowest BCUT2D eigenvalue weighted by Gasteiger charge is -2.09. The molecule has 0 spiro atoms. The molecule has 0 radical (unpaired) electrons. The number of hydrogen-bond acceptors (Lipinski definition) is 5. The highest BCUT2D eigenvalue weighted by Crippen LogP contribution is 2.31. The van der Waals surface area contributed by atoms with Crippen molar-refractivity contribution in [1.82, 2.24) is 14.8 Å². The molecule has 29 heavy (non-hydrogen) atoms. The molecule has 0 bridgehead atoms. The molecule has 146 valence electrons. The number of aromatic nitrogens is 3. The highest BCUT2D eigenvalue weighted by Gasteiger charge is 2.11. The maximum absolute atomic E-state index is 11.3. The molecule has 7 heteroatoms. The van der Waals surface area contributed by atoms with Crippen LogP contribution < -0.4 is 9.47 Å². The topological polar surface area (TPSA) is 86.5 Å². The third-order valence-electron chi connectivity index (χ3n) is 4.68. The Morgan fingerprint density at radius 3 is 2.62 bits per heavy atom. The molecule has 0 saturated heterocycles. The Bertz CT molecular complexity index is 1200. The number of nitrogens with zero attached hydrogens (tertiary/aromatic N) is 3. The largest absolute Gasteiger partial charge is 0.493 e. The van der Waals surface area contributed by atoms with Crippen molar-refractivity contribution in [3.05, 3.63) is 72.1 Å². The van der Waals surface area contributed by atoms with E-state index in [2.05, 4.69) is 10.1 Å². The lowest BCUT2D eigenvalue weighted by molar-refractivity contribution is 0.0691. The van der Waals surface area contributed by atoms with Gasteiger partial charge in [-0.05, 0) is 35.9 Å². The Labute approximate surface area is 167 Å². The summed E-state index contributed by atoms with van der Waals surface area (Å²) in [5, 5.41) is 14.8. The van der Waals surface area contributed by atoms with E-state index in [9.17, 15) is 9.90 Å². The molecule has 0 unspecified atom stereocenters. The van der Waals surface area contributed by atoms with E-state index in [1.165, 1.54) is 6.07 Å². The molecule has 0 amide bonds. The minimum absolute atomic E-state index is 0.0245. The van der Waals surface area contributed by atoms with Gasteiger partial charge in [0.1, 0.15) is 5.69 Å². The van der Waals surface area contributed by atoms with Gasteiger partial charge in [-0.1, -0.05) is 24.3 Å². The van der Waals surface area contributed by atoms with E-state index < -0.39 is 5.97 Å². The SMILES string of the molecule is COc1ccc(-c2ccn(Cc3cccc4ccc(C(=O)O)nc34)n2)cc1OC. The number of aromatic carboxylic acids is 1. The highest BCUT2D eigenvalue weighted by molar-refractivity contribution is 5.90. The fourth-order valence-corrected chi connectivity index (χ4v) is 3.23. The molecule has 4 aromatic rings. The van der Waals surface area contributed by atoms with E-state index in [0.29, 0.717) is 23.6 Å². The van der Waals surface area contributed by atoms with Crippen LogP contribution in [0.25, 0.3) is 22.2 Å². The van der Waals surface area contributed by atoms with Crippen LogP contribution in [0.2, 0.25) is 0 Å². The number of fused-ring (bicyclic) bond motifs is 1. The summed E-state index contributed by atoms with van der Waals surface area (Å²) in [6.45, 7) is 0.473. The molecule has 4 rings (SSSR count). The summed E-state index contributed by atoms with van der Waals surface area (Å²) < 4.78 is 12.4. The molecule has 2 aromatic heterocycles. The van der Waals surface area contributed by atoms with E-state index in [-0.39, 0.29) is 5.69 Å². The smallest absolute Gasteiger partial charge is 0.354 e. The van der Waals surface area contributed by atoms with Crippen LogP contribution in [0.4, 0.5) is 0 Å². The van der Waals surface area contributed by atoms with Gasteiger partial charge in [-0.2, -0.15) is 5.10 Å². The van der Waals surface area contributed by atoms with E-state index in [1.54, 1.807) is 25.0 Å². The molecule has 7 nitrogen and oxygen atoms in total. The number of ether oxygens (including phenoxy) is 2. The third kappa shape index (κ3) is 3.62. The van der Waals surface area contributed by atoms with Crippen molar-refractivity contribution in [3.63, 3.8) is 0 Å². The van der Waals surface area contributed by atoms with Crippen molar-refractivity contribution >= 4 is 16.9 Å². The van der Waals surface area contributed by atoms with Crippen LogP contribution in [0.15, 0.2) is 60.8 Å². The number of methoxy groups -OCH3 is 2. The zero-order chi connectivity index (χ0) is 20.4. The average Bonchev–Trinajstić information content (AvgIpc) is 3.21. The first-order valence-corrected chi connectivity index (χ1v) is 8.97. The zero-order valence-corrected chi connectivity index (χ0v) is 16.0.